The molecular formula is C10H18BrF2NO. The smallest absolute Gasteiger partial charge is 0.251 e. The largest absolute Gasteiger partial charge is 0.395 e. The van der Waals surface area contributed by atoms with E-state index in [1.165, 1.54) is 6.42 Å². The van der Waals surface area contributed by atoms with Crippen LogP contribution in [0.1, 0.15) is 19.3 Å². The van der Waals surface area contributed by atoms with Crippen molar-refractivity contribution in [2.45, 2.75) is 25.7 Å². The lowest BCUT2D eigenvalue weighted by molar-refractivity contribution is 0.0322. The molecule has 1 saturated carbocycles. The van der Waals surface area contributed by atoms with E-state index in [0.717, 1.165) is 18.2 Å². The maximum absolute atomic E-state index is 12.3. The number of aliphatic hydroxyl groups is 1. The van der Waals surface area contributed by atoms with Crippen LogP contribution in [-0.4, -0.2) is 48.0 Å². The Morgan fingerprint density at radius 1 is 1.40 bits per heavy atom. The summed E-state index contributed by atoms with van der Waals surface area (Å²) in [5, 5.41) is 9.68. The number of aliphatic hydroxyl groups excluding tert-OH is 1. The summed E-state index contributed by atoms with van der Waals surface area (Å²) >= 11 is 3.45. The Hall–Kier alpha value is 0.260. The molecule has 2 nitrogen and oxygen atoms in total. The highest BCUT2D eigenvalue weighted by atomic mass is 79.9. The van der Waals surface area contributed by atoms with Crippen LogP contribution in [0.15, 0.2) is 0 Å². The second kappa shape index (κ2) is 6.11. The molecule has 1 rings (SSSR count). The lowest BCUT2D eigenvalue weighted by Crippen LogP contribution is -2.46. The summed E-state index contributed by atoms with van der Waals surface area (Å²) in [6, 6.07) is 0. The van der Waals surface area contributed by atoms with Crippen LogP contribution >= 0.6 is 15.9 Å². The highest BCUT2D eigenvalue weighted by Gasteiger charge is 2.37. The van der Waals surface area contributed by atoms with E-state index in [1.54, 1.807) is 4.90 Å². The standard InChI is InChI=1S/C10H18BrF2NO/c11-7-10(2-1-3-10)8-14(4-5-15)6-9(12)13/h9,15H,1-8H2. The van der Waals surface area contributed by atoms with E-state index in [-0.39, 0.29) is 18.6 Å². The molecule has 15 heavy (non-hydrogen) atoms. The van der Waals surface area contributed by atoms with Crippen LogP contribution in [0.25, 0.3) is 0 Å². The number of nitrogens with zero attached hydrogens (tertiary/aromatic N) is 1. The summed E-state index contributed by atoms with van der Waals surface area (Å²) in [6.07, 6.45) is 1.07. The van der Waals surface area contributed by atoms with Gasteiger partial charge in [0.2, 0.25) is 0 Å². The third-order valence-electron chi connectivity index (χ3n) is 3.07. The van der Waals surface area contributed by atoms with E-state index < -0.39 is 6.43 Å². The third kappa shape index (κ3) is 3.96. The lowest BCUT2D eigenvalue weighted by atomic mass is 9.70. The number of hydrogen-bond acceptors (Lipinski definition) is 2. The fourth-order valence-corrected chi connectivity index (χ4v) is 2.79. The minimum atomic E-state index is -2.32. The molecule has 5 heteroatoms. The number of halogens is 3. The van der Waals surface area contributed by atoms with Crippen LogP contribution in [0.4, 0.5) is 8.78 Å². The van der Waals surface area contributed by atoms with Gasteiger partial charge in [0.1, 0.15) is 0 Å². The van der Waals surface area contributed by atoms with Crippen molar-refractivity contribution in [2.24, 2.45) is 5.41 Å². The lowest BCUT2D eigenvalue weighted by Gasteiger charge is -2.44. The highest BCUT2D eigenvalue weighted by molar-refractivity contribution is 9.09. The van der Waals surface area contributed by atoms with Crippen molar-refractivity contribution in [1.29, 1.82) is 0 Å². The van der Waals surface area contributed by atoms with Gasteiger partial charge in [-0.1, -0.05) is 22.4 Å². The molecule has 1 N–H and O–H groups in total. The Balaban J connectivity index is 2.41. The zero-order valence-electron chi connectivity index (χ0n) is 8.76. The Bertz CT molecular complexity index is 183. The molecule has 0 aromatic heterocycles. The van der Waals surface area contributed by atoms with Crippen molar-refractivity contribution >= 4 is 15.9 Å². The summed E-state index contributed by atoms with van der Waals surface area (Å²) in [6.45, 7) is 0.739. The second-order valence-corrected chi connectivity index (χ2v) is 4.90. The predicted octanol–water partition coefficient (Wildman–Crippen LogP) is 2.11. The maximum atomic E-state index is 12.3. The second-order valence-electron chi connectivity index (χ2n) is 4.34. The van der Waals surface area contributed by atoms with Crippen LogP contribution in [-0.2, 0) is 0 Å². The molecule has 1 fully saturated rings. The van der Waals surface area contributed by atoms with Gasteiger partial charge in [0.25, 0.3) is 6.43 Å². The van der Waals surface area contributed by atoms with Gasteiger partial charge in [0, 0.05) is 18.4 Å². The van der Waals surface area contributed by atoms with Gasteiger partial charge in [0.15, 0.2) is 0 Å². The maximum Gasteiger partial charge on any atom is 0.251 e. The Labute approximate surface area is 97.8 Å². The van der Waals surface area contributed by atoms with Crippen molar-refractivity contribution < 1.29 is 13.9 Å². The zero-order chi connectivity index (χ0) is 11.3. The van der Waals surface area contributed by atoms with Crippen LogP contribution < -0.4 is 0 Å². The minimum Gasteiger partial charge on any atom is -0.395 e. The summed E-state index contributed by atoms with van der Waals surface area (Å²) in [5.74, 6) is 0. The molecule has 0 saturated heterocycles. The van der Waals surface area contributed by atoms with Crippen LogP contribution in [0.3, 0.4) is 0 Å². The van der Waals surface area contributed by atoms with Gasteiger partial charge in [-0.05, 0) is 18.3 Å². The number of rotatable bonds is 7. The Morgan fingerprint density at radius 3 is 2.40 bits per heavy atom. The first-order chi connectivity index (χ1) is 7.12. The van der Waals surface area contributed by atoms with Crippen molar-refractivity contribution in [3.63, 3.8) is 0 Å². The molecule has 90 valence electrons. The topological polar surface area (TPSA) is 23.5 Å². The molecular weight excluding hydrogens is 268 g/mol. The van der Waals surface area contributed by atoms with Crippen molar-refractivity contribution in [1.82, 2.24) is 4.90 Å². The van der Waals surface area contributed by atoms with Crippen LogP contribution in [0, 0.1) is 5.41 Å². The Kier molecular flexibility index (Phi) is 5.43. The normalized spacial score (nSPS) is 19.6. The fraction of sp³-hybridized carbons (Fsp3) is 1.00. The highest BCUT2D eigenvalue weighted by Crippen LogP contribution is 2.42. The van der Waals surface area contributed by atoms with Gasteiger partial charge < -0.3 is 5.11 Å². The molecule has 0 radical (unpaired) electrons. The molecule has 0 spiro atoms. The SMILES string of the molecule is OCCN(CC(F)F)CC1(CBr)CCC1. The third-order valence-corrected chi connectivity index (χ3v) is 4.26. The van der Waals surface area contributed by atoms with Gasteiger partial charge >= 0.3 is 0 Å². The molecule has 0 amide bonds. The van der Waals surface area contributed by atoms with E-state index in [1.807, 2.05) is 0 Å². The molecule has 1 aliphatic carbocycles. The summed E-state index contributed by atoms with van der Waals surface area (Å²) in [4.78, 5) is 1.67. The van der Waals surface area contributed by atoms with Crippen molar-refractivity contribution in [3.05, 3.63) is 0 Å². The average Bonchev–Trinajstić information content (AvgIpc) is 2.10. The molecule has 0 unspecified atom stereocenters. The van der Waals surface area contributed by atoms with Crippen molar-refractivity contribution in [2.75, 3.05) is 31.6 Å². The quantitative estimate of drug-likeness (QED) is 0.725. The molecule has 0 heterocycles. The average molecular weight is 286 g/mol. The van der Waals surface area contributed by atoms with E-state index in [2.05, 4.69) is 15.9 Å². The zero-order valence-corrected chi connectivity index (χ0v) is 10.3. The van der Waals surface area contributed by atoms with Gasteiger partial charge in [-0.2, -0.15) is 0 Å². The first-order valence-electron chi connectivity index (χ1n) is 5.29. The molecule has 1 aliphatic rings. The van der Waals surface area contributed by atoms with Crippen molar-refractivity contribution in [3.8, 4) is 0 Å². The fourth-order valence-electron chi connectivity index (χ4n) is 2.06. The summed E-state index contributed by atoms with van der Waals surface area (Å²) in [7, 11) is 0. The summed E-state index contributed by atoms with van der Waals surface area (Å²) < 4.78 is 24.5. The molecule has 0 bridgehead atoms. The Morgan fingerprint density at radius 2 is 2.07 bits per heavy atom. The van der Waals surface area contributed by atoms with E-state index in [4.69, 9.17) is 5.11 Å². The first kappa shape index (κ1) is 13.3. The van der Waals surface area contributed by atoms with E-state index >= 15 is 0 Å². The summed E-state index contributed by atoms with van der Waals surface area (Å²) in [5.41, 5.74) is 0.171. The number of alkyl halides is 3. The number of hydrogen-bond donors (Lipinski definition) is 1. The minimum absolute atomic E-state index is 0.0505. The molecule has 0 aromatic carbocycles. The molecule has 0 aromatic rings. The monoisotopic (exact) mass is 285 g/mol. The van der Waals surface area contributed by atoms with Crippen LogP contribution in [0.5, 0.6) is 0 Å². The predicted molar refractivity (Wildman–Crippen MR) is 59.6 cm³/mol. The van der Waals surface area contributed by atoms with Gasteiger partial charge in [-0.15, -0.1) is 0 Å². The van der Waals surface area contributed by atoms with Gasteiger partial charge in [-0.25, -0.2) is 8.78 Å². The molecule has 0 atom stereocenters. The van der Waals surface area contributed by atoms with E-state index in [9.17, 15) is 8.78 Å². The van der Waals surface area contributed by atoms with Gasteiger partial charge in [-0.3, -0.25) is 4.90 Å². The van der Waals surface area contributed by atoms with Gasteiger partial charge in [0.05, 0.1) is 13.2 Å². The van der Waals surface area contributed by atoms with Crippen LogP contribution in [0.2, 0.25) is 0 Å². The first-order valence-corrected chi connectivity index (χ1v) is 6.41. The van der Waals surface area contributed by atoms with E-state index in [0.29, 0.717) is 13.1 Å². The molecule has 0 aliphatic heterocycles.